The minimum atomic E-state index is -1.35. The maximum Gasteiger partial charge on any atom is 0.257 e. The van der Waals surface area contributed by atoms with Crippen molar-refractivity contribution in [2.75, 3.05) is 12.0 Å². The molecule has 2 aromatic rings. The molecule has 3 rings (SSSR count). The summed E-state index contributed by atoms with van der Waals surface area (Å²) in [6.45, 7) is 0.0577. The molecule has 0 aliphatic carbocycles. The number of nitrogens with zero attached hydrogens (tertiary/aromatic N) is 2. The predicted molar refractivity (Wildman–Crippen MR) is 105 cm³/mol. The van der Waals surface area contributed by atoms with Crippen LogP contribution < -0.4 is 14.7 Å². The molecule has 1 saturated heterocycles. The number of carboxylic acid groups (broad SMARTS) is 1. The molecule has 0 aromatic heterocycles. The molecule has 8 heteroatoms. The number of aliphatic carboxylic acids is 1. The zero-order valence-corrected chi connectivity index (χ0v) is 16.4. The van der Waals surface area contributed by atoms with Crippen LogP contribution in [-0.4, -0.2) is 41.7 Å². The highest BCUT2D eigenvalue weighted by molar-refractivity contribution is 6.23. The smallest absolute Gasteiger partial charge is 0.257 e. The molecule has 2 aromatic carbocycles. The van der Waals surface area contributed by atoms with E-state index >= 15 is 0 Å². The lowest BCUT2D eigenvalue weighted by molar-refractivity contribution is -0.305. The minimum absolute atomic E-state index is 0.0577. The topological polar surface area (TPSA) is 107 Å². The summed E-state index contributed by atoms with van der Waals surface area (Å²) in [5.41, 5.74) is 1.15. The zero-order valence-electron chi connectivity index (χ0n) is 16.4. The molecule has 0 saturated carbocycles. The van der Waals surface area contributed by atoms with Gasteiger partial charge in [0.15, 0.2) is 0 Å². The van der Waals surface area contributed by atoms with Crippen LogP contribution in [0.15, 0.2) is 54.6 Å². The number of carboxylic acids is 1. The third-order valence-corrected chi connectivity index (χ3v) is 4.89. The van der Waals surface area contributed by atoms with Gasteiger partial charge in [-0.05, 0) is 36.2 Å². The Morgan fingerprint density at radius 2 is 1.73 bits per heavy atom. The van der Waals surface area contributed by atoms with Gasteiger partial charge in [-0.3, -0.25) is 14.4 Å². The molecule has 0 radical (unpaired) electrons. The van der Waals surface area contributed by atoms with Crippen molar-refractivity contribution >= 4 is 29.4 Å². The number of hydrogen-bond acceptors (Lipinski definition) is 6. The Kier molecular flexibility index (Phi) is 6.46. The molecule has 1 atom stereocenters. The highest BCUT2D eigenvalue weighted by Crippen LogP contribution is 2.27. The molecule has 1 aliphatic heterocycles. The highest BCUT2D eigenvalue weighted by atomic mass is 16.5. The van der Waals surface area contributed by atoms with E-state index in [2.05, 4.69) is 0 Å². The fourth-order valence-corrected chi connectivity index (χ4v) is 3.36. The molecule has 0 bridgehead atoms. The summed E-state index contributed by atoms with van der Waals surface area (Å²) in [7, 11) is 1.53. The van der Waals surface area contributed by atoms with Crippen molar-refractivity contribution in [3.63, 3.8) is 0 Å². The quantitative estimate of drug-likeness (QED) is 0.599. The maximum absolute atomic E-state index is 13.1. The van der Waals surface area contributed by atoms with Gasteiger partial charge in [-0.1, -0.05) is 30.3 Å². The van der Waals surface area contributed by atoms with Gasteiger partial charge in [0.1, 0.15) is 11.8 Å². The van der Waals surface area contributed by atoms with Crippen molar-refractivity contribution in [2.45, 2.75) is 31.8 Å². The molecule has 0 unspecified atom stereocenters. The first-order chi connectivity index (χ1) is 14.4. The van der Waals surface area contributed by atoms with Gasteiger partial charge in [0.05, 0.1) is 19.2 Å². The summed E-state index contributed by atoms with van der Waals surface area (Å²) in [6, 6.07) is 14.4. The van der Waals surface area contributed by atoms with Gasteiger partial charge in [0.2, 0.25) is 11.8 Å². The van der Waals surface area contributed by atoms with Crippen LogP contribution in [0.4, 0.5) is 5.69 Å². The standard InChI is InChI=1S/C22H22N2O6/c1-30-17-9-7-15(8-10-17)14-23(19(25)11-12-21(27)28)18-13-20(26)24(22(18)29)16-5-3-2-4-6-16/h2-10,18H,11-14H2,1H3,(H,27,28)/p-1/t18-/m1/s1. The number of anilines is 1. The Hall–Kier alpha value is -3.68. The second-order valence-electron chi connectivity index (χ2n) is 6.86. The number of imide groups is 1. The molecule has 8 nitrogen and oxygen atoms in total. The van der Waals surface area contributed by atoms with Crippen LogP contribution in [0.2, 0.25) is 0 Å². The number of methoxy groups -OCH3 is 1. The molecular formula is C22H21N2O6-. The third-order valence-electron chi connectivity index (χ3n) is 4.89. The summed E-state index contributed by atoms with van der Waals surface area (Å²) in [6.07, 6.45) is -0.946. The normalized spacial score (nSPS) is 15.9. The molecule has 30 heavy (non-hydrogen) atoms. The van der Waals surface area contributed by atoms with Crippen molar-refractivity contribution in [1.82, 2.24) is 4.90 Å². The van der Waals surface area contributed by atoms with Gasteiger partial charge in [-0.25, -0.2) is 4.90 Å². The SMILES string of the molecule is COc1ccc(CN(C(=O)CCC(=O)[O-])[C@@H]2CC(=O)N(c3ccccc3)C2=O)cc1. The fourth-order valence-electron chi connectivity index (χ4n) is 3.36. The van der Waals surface area contributed by atoms with Crippen LogP contribution in [0.3, 0.4) is 0 Å². The molecular weight excluding hydrogens is 388 g/mol. The first-order valence-electron chi connectivity index (χ1n) is 9.45. The largest absolute Gasteiger partial charge is 0.550 e. The molecule has 1 aliphatic rings. The molecule has 1 heterocycles. The van der Waals surface area contributed by atoms with Gasteiger partial charge in [-0.2, -0.15) is 0 Å². The number of ether oxygens (including phenoxy) is 1. The average Bonchev–Trinajstić information content (AvgIpc) is 3.05. The van der Waals surface area contributed by atoms with Gasteiger partial charge in [0, 0.05) is 18.9 Å². The first-order valence-corrected chi connectivity index (χ1v) is 9.45. The van der Waals surface area contributed by atoms with E-state index in [1.807, 2.05) is 0 Å². The monoisotopic (exact) mass is 409 g/mol. The lowest BCUT2D eigenvalue weighted by Gasteiger charge is -2.28. The van der Waals surface area contributed by atoms with Crippen molar-refractivity contribution in [2.24, 2.45) is 0 Å². The van der Waals surface area contributed by atoms with E-state index in [-0.39, 0.29) is 19.4 Å². The van der Waals surface area contributed by atoms with Crippen molar-refractivity contribution in [3.8, 4) is 5.75 Å². The summed E-state index contributed by atoms with van der Waals surface area (Å²) < 4.78 is 5.12. The van der Waals surface area contributed by atoms with Gasteiger partial charge < -0.3 is 19.5 Å². The third kappa shape index (κ3) is 4.65. The Morgan fingerprint density at radius 1 is 1.07 bits per heavy atom. The summed E-state index contributed by atoms with van der Waals surface area (Å²) in [4.78, 5) is 51.6. The van der Waals surface area contributed by atoms with E-state index in [0.29, 0.717) is 11.4 Å². The van der Waals surface area contributed by atoms with E-state index in [9.17, 15) is 24.3 Å². The number of carbonyl (C=O) groups is 4. The number of rotatable bonds is 8. The van der Waals surface area contributed by atoms with Crippen molar-refractivity contribution < 1.29 is 29.0 Å². The van der Waals surface area contributed by atoms with Crippen LogP contribution in [0.5, 0.6) is 5.75 Å². The van der Waals surface area contributed by atoms with Crippen LogP contribution in [0.25, 0.3) is 0 Å². The van der Waals surface area contributed by atoms with Crippen LogP contribution in [0.1, 0.15) is 24.8 Å². The average molecular weight is 409 g/mol. The fraction of sp³-hybridized carbons (Fsp3) is 0.273. The Labute approximate surface area is 173 Å². The lowest BCUT2D eigenvalue weighted by atomic mass is 10.1. The second-order valence-corrected chi connectivity index (χ2v) is 6.86. The number of hydrogen-bond donors (Lipinski definition) is 0. The first kappa shape index (κ1) is 21.0. The van der Waals surface area contributed by atoms with E-state index < -0.39 is 36.2 Å². The zero-order chi connectivity index (χ0) is 21.7. The van der Waals surface area contributed by atoms with Gasteiger partial charge >= 0.3 is 0 Å². The van der Waals surface area contributed by atoms with Crippen molar-refractivity contribution in [3.05, 3.63) is 60.2 Å². The maximum atomic E-state index is 13.1. The highest BCUT2D eigenvalue weighted by Gasteiger charge is 2.44. The molecule has 156 valence electrons. The van der Waals surface area contributed by atoms with E-state index in [1.54, 1.807) is 54.6 Å². The van der Waals surface area contributed by atoms with E-state index in [1.165, 1.54) is 12.0 Å². The molecule has 3 amide bonds. The molecule has 0 N–H and O–H groups in total. The Bertz CT molecular complexity index is 942. The second kappa shape index (κ2) is 9.21. The van der Waals surface area contributed by atoms with Gasteiger partial charge in [-0.15, -0.1) is 0 Å². The van der Waals surface area contributed by atoms with Crippen LogP contribution in [0, 0.1) is 0 Å². The van der Waals surface area contributed by atoms with E-state index in [0.717, 1.165) is 10.5 Å². The molecule has 1 fully saturated rings. The summed E-state index contributed by atoms with van der Waals surface area (Å²) in [5, 5.41) is 10.8. The Balaban J connectivity index is 1.86. The number of carbonyl (C=O) groups excluding carboxylic acids is 4. The lowest BCUT2D eigenvalue weighted by Crippen LogP contribution is -2.45. The number of para-hydroxylation sites is 1. The van der Waals surface area contributed by atoms with Crippen LogP contribution >= 0.6 is 0 Å². The summed E-state index contributed by atoms with van der Waals surface area (Å²) in [5.74, 6) is -2.18. The van der Waals surface area contributed by atoms with Crippen LogP contribution in [-0.2, 0) is 25.7 Å². The molecule has 0 spiro atoms. The minimum Gasteiger partial charge on any atom is -0.550 e. The summed E-state index contributed by atoms with van der Waals surface area (Å²) >= 11 is 0. The van der Waals surface area contributed by atoms with Crippen molar-refractivity contribution in [1.29, 1.82) is 0 Å². The van der Waals surface area contributed by atoms with E-state index in [4.69, 9.17) is 4.74 Å². The number of benzene rings is 2. The van der Waals surface area contributed by atoms with Gasteiger partial charge in [0.25, 0.3) is 5.91 Å². The number of amides is 3. The predicted octanol–water partition coefficient (Wildman–Crippen LogP) is 0.886. The Morgan fingerprint density at radius 3 is 2.33 bits per heavy atom.